The van der Waals surface area contributed by atoms with E-state index in [9.17, 15) is 9.18 Å². The molecule has 100 valence electrons. The summed E-state index contributed by atoms with van der Waals surface area (Å²) in [5, 5.41) is 2.74. The predicted molar refractivity (Wildman–Crippen MR) is 79.2 cm³/mol. The van der Waals surface area contributed by atoms with E-state index in [0.29, 0.717) is 6.54 Å². The Labute approximate surface area is 123 Å². The molecule has 1 amide bonds. The summed E-state index contributed by atoms with van der Waals surface area (Å²) in [5.41, 5.74) is 0.973. The Balaban J connectivity index is 1.92. The van der Waals surface area contributed by atoms with Crippen LogP contribution in [0.3, 0.4) is 0 Å². The van der Waals surface area contributed by atoms with Gasteiger partial charge in [-0.1, -0.05) is 11.6 Å². The molecule has 19 heavy (non-hydrogen) atoms. The Morgan fingerprint density at radius 1 is 1.37 bits per heavy atom. The summed E-state index contributed by atoms with van der Waals surface area (Å²) in [5.74, 6) is -0.848. The molecule has 5 heteroatoms. The van der Waals surface area contributed by atoms with Crippen molar-refractivity contribution < 1.29 is 9.18 Å². The number of halogens is 2. The Hall–Kier alpha value is -1.20. The van der Waals surface area contributed by atoms with E-state index in [0.717, 1.165) is 15.8 Å². The SMILES string of the molecule is Cc1ccc(F)c(C(=O)NCCc2ccc(Br)s2)c1. The van der Waals surface area contributed by atoms with E-state index in [1.165, 1.54) is 10.9 Å². The number of benzene rings is 1. The molecule has 0 saturated heterocycles. The fourth-order valence-corrected chi connectivity index (χ4v) is 3.18. The van der Waals surface area contributed by atoms with Crippen molar-refractivity contribution in [1.82, 2.24) is 5.32 Å². The highest BCUT2D eigenvalue weighted by Gasteiger charge is 2.11. The van der Waals surface area contributed by atoms with Crippen molar-refractivity contribution in [1.29, 1.82) is 0 Å². The highest BCUT2D eigenvalue weighted by atomic mass is 79.9. The molecule has 1 aromatic carbocycles. The number of aryl methyl sites for hydroxylation is 1. The van der Waals surface area contributed by atoms with Crippen LogP contribution >= 0.6 is 27.3 Å². The Morgan fingerprint density at radius 2 is 2.16 bits per heavy atom. The zero-order valence-corrected chi connectivity index (χ0v) is 12.8. The van der Waals surface area contributed by atoms with Crippen LogP contribution in [0.4, 0.5) is 4.39 Å². The molecule has 0 spiro atoms. The molecule has 0 bridgehead atoms. The maximum atomic E-state index is 13.5. The third kappa shape index (κ3) is 3.88. The number of amides is 1. The maximum Gasteiger partial charge on any atom is 0.254 e. The lowest BCUT2D eigenvalue weighted by molar-refractivity contribution is 0.0950. The van der Waals surface area contributed by atoms with Crippen molar-refractivity contribution in [2.24, 2.45) is 0 Å². The summed E-state index contributed by atoms with van der Waals surface area (Å²) < 4.78 is 14.6. The molecule has 0 atom stereocenters. The van der Waals surface area contributed by atoms with Crippen molar-refractivity contribution in [3.05, 3.63) is 55.9 Å². The smallest absolute Gasteiger partial charge is 0.254 e. The van der Waals surface area contributed by atoms with E-state index >= 15 is 0 Å². The van der Waals surface area contributed by atoms with Crippen LogP contribution in [-0.4, -0.2) is 12.5 Å². The number of carbonyl (C=O) groups is 1. The van der Waals surface area contributed by atoms with E-state index in [1.807, 2.05) is 19.1 Å². The first-order valence-corrected chi connectivity index (χ1v) is 7.46. The Bertz CT molecular complexity index is 597. The number of hydrogen-bond acceptors (Lipinski definition) is 2. The van der Waals surface area contributed by atoms with Gasteiger partial charge in [0.2, 0.25) is 0 Å². The highest BCUT2D eigenvalue weighted by Crippen LogP contribution is 2.22. The largest absolute Gasteiger partial charge is 0.352 e. The Kier molecular flexibility index (Phi) is 4.71. The number of carbonyl (C=O) groups excluding carboxylic acids is 1. The van der Waals surface area contributed by atoms with Crippen LogP contribution < -0.4 is 5.32 Å². The topological polar surface area (TPSA) is 29.1 Å². The molecule has 0 fully saturated rings. The van der Waals surface area contributed by atoms with Crippen molar-refractivity contribution in [3.8, 4) is 0 Å². The zero-order chi connectivity index (χ0) is 13.8. The normalized spacial score (nSPS) is 10.5. The van der Waals surface area contributed by atoms with Gasteiger partial charge in [-0.15, -0.1) is 11.3 Å². The van der Waals surface area contributed by atoms with Gasteiger partial charge in [-0.25, -0.2) is 4.39 Å². The molecule has 1 heterocycles. The van der Waals surface area contributed by atoms with Crippen LogP contribution in [0.2, 0.25) is 0 Å². The molecular formula is C14H13BrFNOS. The van der Waals surface area contributed by atoms with Crippen LogP contribution in [0.15, 0.2) is 34.1 Å². The monoisotopic (exact) mass is 341 g/mol. The number of nitrogens with one attached hydrogen (secondary N) is 1. The number of thiophene rings is 1. The summed E-state index contributed by atoms with van der Waals surface area (Å²) in [6.45, 7) is 2.33. The molecular weight excluding hydrogens is 329 g/mol. The summed E-state index contributed by atoms with van der Waals surface area (Å²) in [7, 11) is 0. The highest BCUT2D eigenvalue weighted by molar-refractivity contribution is 9.11. The van der Waals surface area contributed by atoms with E-state index in [-0.39, 0.29) is 11.5 Å². The van der Waals surface area contributed by atoms with Crippen LogP contribution in [0.25, 0.3) is 0 Å². The molecule has 0 radical (unpaired) electrons. The maximum absolute atomic E-state index is 13.5. The van der Waals surface area contributed by atoms with E-state index in [1.54, 1.807) is 23.5 Å². The summed E-state index contributed by atoms with van der Waals surface area (Å²) in [6, 6.07) is 8.51. The fourth-order valence-electron chi connectivity index (χ4n) is 1.69. The van der Waals surface area contributed by atoms with Gasteiger partial charge in [0.25, 0.3) is 5.91 Å². The molecule has 0 unspecified atom stereocenters. The minimum atomic E-state index is -0.484. The molecule has 1 N–H and O–H groups in total. The van der Waals surface area contributed by atoms with Gasteiger partial charge in [0.05, 0.1) is 9.35 Å². The quantitative estimate of drug-likeness (QED) is 0.896. The van der Waals surface area contributed by atoms with Gasteiger partial charge in [0.15, 0.2) is 0 Å². The number of rotatable bonds is 4. The first-order valence-electron chi connectivity index (χ1n) is 5.85. The minimum Gasteiger partial charge on any atom is -0.352 e. The van der Waals surface area contributed by atoms with Crippen molar-refractivity contribution in [2.45, 2.75) is 13.3 Å². The molecule has 0 aliphatic rings. The molecule has 1 aromatic heterocycles. The third-order valence-corrected chi connectivity index (χ3v) is 4.34. The molecule has 0 saturated carbocycles. The third-order valence-electron chi connectivity index (χ3n) is 2.65. The number of hydrogen-bond donors (Lipinski definition) is 1. The van der Waals surface area contributed by atoms with Gasteiger partial charge < -0.3 is 5.32 Å². The minimum absolute atomic E-state index is 0.104. The first kappa shape index (κ1) is 14.2. The zero-order valence-electron chi connectivity index (χ0n) is 10.4. The predicted octanol–water partition coefficient (Wildman–Crippen LogP) is 3.93. The second-order valence-corrected chi connectivity index (χ2v) is 6.74. The lowest BCUT2D eigenvalue weighted by Crippen LogP contribution is -2.26. The van der Waals surface area contributed by atoms with E-state index in [2.05, 4.69) is 21.2 Å². The van der Waals surface area contributed by atoms with Gasteiger partial charge in [0.1, 0.15) is 5.82 Å². The van der Waals surface area contributed by atoms with Crippen molar-refractivity contribution in [3.63, 3.8) is 0 Å². The molecule has 0 aliphatic carbocycles. The molecule has 2 nitrogen and oxygen atoms in total. The molecule has 2 aromatic rings. The summed E-state index contributed by atoms with van der Waals surface area (Å²) in [6.07, 6.45) is 0.745. The van der Waals surface area contributed by atoms with Gasteiger partial charge in [0, 0.05) is 11.4 Å². The van der Waals surface area contributed by atoms with Crippen molar-refractivity contribution in [2.75, 3.05) is 6.54 Å². The lowest BCUT2D eigenvalue weighted by Gasteiger charge is -2.06. The van der Waals surface area contributed by atoms with Crippen molar-refractivity contribution >= 4 is 33.2 Å². The van der Waals surface area contributed by atoms with Crippen LogP contribution in [0.5, 0.6) is 0 Å². The fraction of sp³-hybridized carbons (Fsp3) is 0.214. The lowest BCUT2D eigenvalue weighted by atomic mass is 10.1. The van der Waals surface area contributed by atoms with Gasteiger partial charge in [-0.3, -0.25) is 4.79 Å². The van der Waals surface area contributed by atoms with E-state index < -0.39 is 5.82 Å². The summed E-state index contributed by atoms with van der Waals surface area (Å²) >= 11 is 5.02. The first-order chi connectivity index (χ1) is 9.06. The van der Waals surface area contributed by atoms with Crippen LogP contribution in [0.1, 0.15) is 20.8 Å². The second-order valence-electron chi connectivity index (χ2n) is 4.20. The molecule has 0 aliphatic heterocycles. The Morgan fingerprint density at radius 3 is 2.84 bits per heavy atom. The molecule has 2 rings (SSSR count). The van der Waals surface area contributed by atoms with Gasteiger partial charge in [-0.2, -0.15) is 0 Å². The van der Waals surface area contributed by atoms with E-state index in [4.69, 9.17) is 0 Å². The van der Waals surface area contributed by atoms with Crippen LogP contribution in [0, 0.1) is 12.7 Å². The van der Waals surface area contributed by atoms with Gasteiger partial charge >= 0.3 is 0 Å². The average molecular weight is 342 g/mol. The average Bonchev–Trinajstić information content (AvgIpc) is 2.78. The second kappa shape index (κ2) is 6.30. The van der Waals surface area contributed by atoms with Crippen LogP contribution in [-0.2, 0) is 6.42 Å². The standard InChI is InChI=1S/C14H13BrFNOS/c1-9-2-4-12(16)11(8-9)14(18)17-7-6-10-3-5-13(15)19-10/h2-5,8H,6-7H2,1H3,(H,17,18). The summed E-state index contributed by atoms with van der Waals surface area (Å²) in [4.78, 5) is 13.0. The van der Waals surface area contributed by atoms with Gasteiger partial charge in [-0.05, 0) is 53.5 Å².